The topological polar surface area (TPSA) is 64.8 Å². The number of benzene rings is 2. The summed E-state index contributed by atoms with van der Waals surface area (Å²) in [5.41, 5.74) is 7.12. The van der Waals surface area contributed by atoms with Gasteiger partial charge in [-0.3, -0.25) is 4.79 Å². The van der Waals surface area contributed by atoms with Crippen LogP contribution in [0.1, 0.15) is 5.56 Å². The van der Waals surface area contributed by atoms with Gasteiger partial charge < -0.3 is 20.1 Å². The molecule has 5 nitrogen and oxygen atoms in total. The molecule has 0 aliphatic carbocycles. The lowest BCUT2D eigenvalue weighted by atomic mass is 10.1. The molecule has 0 bridgehead atoms. The third kappa shape index (κ3) is 3.86. The van der Waals surface area contributed by atoms with Gasteiger partial charge in [-0.25, -0.2) is 0 Å². The van der Waals surface area contributed by atoms with Crippen molar-refractivity contribution >= 4 is 5.91 Å². The van der Waals surface area contributed by atoms with Gasteiger partial charge in [-0.2, -0.15) is 0 Å². The lowest BCUT2D eigenvalue weighted by Crippen LogP contribution is -2.48. The number of carbonyl (C=O) groups is 1. The van der Waals surface area contributed by atoms with E-state index < -0.39 is 6.04 Å². The van der Waals surface area contributed by atoms with Crippen molar-refractivity contribution in [2.45, 2.75) is 18.6 Å². The maximum absolute atomic E-state index is 12.5. The number of hydrogen-bond donors (Lipinski definition) is 1. The van der Waals surface area contributed by atoms with Crippen molar-refractivity contribution in [2.24, 2.45) is 5.73 Å². The van der Waals surface area contributed by atoms with Crippen molar-refractivity contribution in [3.8, 4) is 11.5 Å². The number of hydrogen-bond acceptors (Lipinski definition) is 4. The summed E-state index contributed by atoms with van der Waals surface area (Å²) < 4.78 is 11.6. The van der Waals surface area contributed by atoms with Crippen LogP contribution in [0.5, 0.6) is 11.5 Å². The Bertz CT molecular complexity index is 690. The predicted octanol–water partition coefficient (Wildman–Crippen LogP) is 1.85. The van der Waals surface area contributed by atoms with E-state index in [0.717, 1.165) is 11.3 Å². The van der Waals surface area contributed by atoms with E-state index in [1.54, 1.807) is 11.9 Å². The summed E-state index contributed by atoms with van der Waals surface area (Å²) in [5.74, 6) is 1.35. The Morgan fingerprint density at radius 2 is 1.83 bits per heavy atom. The molecule has 1 aliphatic heterocycles. The highest BCUT2D eigenvalue weighted by atomic mass is 16.6. The first-order valence-corrected chi connectivity index (χ1v) is 8.06. The average molecular weight is 326 g/mol. The van der Waals surface area contributed by atoms with Crippen LogP contribution in [0.15, 0.2) is 54.6 Å². The normalized spacial score (nSPS) is 17.2. The van der Waals surface area contributed by atoms with Crippen molar-refractivity contribution in [1.82, 2.24) is 4.90 Å². The van der Waals surface area contributed by atoms with Crippen LogP contribution in [0.4, 0.5) is 0 Å². The summed E-state index contributed by atoms with van der Waals surface area (Å²) in [5, 5.41) is 0. The zero-order valence-electron chi connectivity index (χ0n) is 13.7. The molecule has 0 saturated carbocycles. The highest BCUT2D eigenvalue weighted by molar-refractivity contribution is 5.81. The molecule has 2 N–H and O–H groups in total. The highest BCUT2D eigenvalue weighted by Crippen LogP contribution is 2.30. The standard InChI is InChI=1S/C19H22N2O3/c1-21(19(22)16(20)11-14-7-3-2-4-8-14)12-15-13-23-17-9-5-6-10-18(17)24-15/h2-10,15-16H,11-13,20H2,1H3/t15?,16-/m0/s1. The highest BCUT2D eigenvalue weighted by Gasteiger charge is 2.25. The van der Waals surface area contributed by atoms with Crippen LogP contribution < -0.4 is 15.2 Å². The van der Waals surface area contributed by atoms with Gasteiger partial charge in [0, 0.05) is 7.05 Å². The first-order chi connectivity index (χ1) is 11.6. The van der Waals surface area contributed by atoms with E-state index in [4.69, 9.17) is 15.2 Å². The Balaban J connectivity index is 1.55. The number of rotatable bonds is 5. The molecule has 0 aromatic heterocycles. The molecule has 24 heavy (non-hydrogen) atoms. The average Bonchev–Trinajstić information content (AvgIpc) is 2.61. The summed E-state index contributed by atoms with van der Waals surface area (Å²) in [6, 6.07) is 16.8. The number of para-hydroxylation sites is 2. The number of nitrogens with zero attached hydrogens (tertiary/aromatic N) is 1. The predicted molar refractivity (Wildman–Crippen MR) is 92.1 cm³/mol. The van der Waals surface area contributed by atoms with Gasteiger partial charge in [0.15, 0.2) is 17.6 Å². The number of likely N-dealkylation sites (N-methyl/N-ethyl adjacent to an activating group) is 1. The van der Waals surface area contributed by atoms with E-state index in [1.807, 2.05) is 54.6 Å². The summed E-state index contributed by atoms with van der Waals surface area (Å²) in [6.45, 7) is 0.859. The number of fused-ring (bicyclic) bond motifs is 1. The molecule has 0 spiro atoms. The van der Waals surface area contributed by atoms with E-state index in [0.29, 0.717) is 25.3 Å². The quantitative estimate of drug-likeness (QED) is 0.911. The molecule has 1 unspecified atom stereocenters. The fourth-order valence-electron chi connectivity index (χ4n) is 2.79. The molecule has 0 radical (unpaired) electrons. The lowest BCUT2D eigenvalue weighted by molar-refractivity contribution is -0.132. The summed E-state index contributed by atoms with van der Waals surface area (Å²) >= 11 is 0. The summed E-state index contributed by atoms with van der Waals surface area (Å²) in [7, 11) is 1.75. The zero-order chi connectivity index (χ0) is 16.9. The van der Waals surface area contributed by atoms with Crippen molar-refractivity contribution in [3.05, 3.63) is 60.2 Å². The van der Waals surface area contributed by atoms with Gasteiger partial charge >= 0.3 is 0 Å². The number of nitrogens with two attached hydrogens (primary N) is 1. The Morgan fingerprint density at radius 3 is 2.58 bits per heavy atom. The maximum Gasteiger partial charge on any atom is 0.239 e. The molecule has 2 atom stereocenters. The monoisotopic (exact) mass is 326 g/mol. The molecule has 2 aromatic carbocycles. The van der Waals surface area contributed by atoms with Crippen LogP contribution in [0, 0.1) is 0 Å². The lowest BCUT2D eigenvalue weighted by Gasteiger charge is -2.30. The minimum atomic E-state index is -0.561. The van der Waals surface area contributed by atoms with Gasteiger partial charge in [-0.15, -0.1) is 0 Å². The Kier molecular flexibility index (Phi) is 5.01. The second kappa shape index (κ2) is 7.36. The fraction of sp³-hybridized carbons (Fsp3) is 0.316. The van der Waals surface area contributed by atoms with Crippen LogP contribution in [0.3, 0.4) is 0 Å². The smallest absolute Gasteiger partial charge is 0.239 e. The number of ether oxygens (including phenoxy) is 2. The van der Waals surface area contributed by atoms with Crippen molar-refractivity contribution in [1.29, 1.82) is 0 Å². The molecule has 1 aliphatic rings. The molecular formula is C19H22N2O3. The van der Waals surface area contributed by atoms with E-state index >= 15 is 0 Å². The van der Waals surface area contributed by atoms with Crippen LogP contribution in [-0.2, 0) is 11.2 Å². The SMILES string of the molecule is CN(CC1COc2ccccc2O1)C(=O)[C@@H](N)Cc1ccccc1. The third-order valence-corrected chi connectivity index (χ3v) is 4.04. The van der Waals surface area contributed by atoms with Crippen LogP contribution in [-0.4, -0.2) is 43.2 Å². The summed E-state index contributed by atoms with van der Waals surface area (Å²) in [6.07, 6.45) is 0.326. The maximum atomic E-state index is 12.5. The minimum Gasteiger partial charge on any atom is -0.486 e. The molecule has 0 saturated heterocycles. The molecule has 0 fully saturated rings. The van der Waals surface area contributed by atoms with Gasteiger partial charge in [-0.05, 0) is 24.1 Å². The fourth-order valence-corrected chi connectivity index (χ4v) is 2.79. The van der Waals surface area contributed by atoms with E-state index in [2.05, 4.69) is 0 Å². The third-order valence-electron chi connectivity index (χ3n) is 4.04. The number of amides is 1. The number of carbonyl (C=O) groups excluding carboxylic acids is 1. The summed E-state index contributed by atoms with van der Waals surface area (Å²) in [4.78, 5) is 14.1. The molecular weight excluding hydrogens is 304 g/mol. The van der Waals surface area contributed by atoms with Crippen molar-refractivity contribution < 1.29 is 14.3 Å². The molecule has 2 aromatic rings. The van der Waals surface area contributed by atoms with Crippen molar-refractivity contribution in [3.63, 3.8) is 0 Å². The Labute approximate surface area is 142 Å². The van der Waals surface area contributed by atoms with E-state index in [1.165, 1.54) is 0 Å². The molecule has 3 rings (SSSR count). The Morgan fingerprint density at radius 1 is 1.17 bits per heavy atom. The van der Waals surface area contributed by atoms with Crippen molar-refractivity contribution in [2.75, 3.05) is 20.2 Å². The van der Waals surface area contributed by atoms with Gasteiger partial charge in [0.1, 0.15) is 6.61 Å². The van der Waals surface area contributed by atoms with E-state index in [-0.39, 0.29) is 12.0 Å². The molecule has 1 heterocycles. The van der Waals surface area contributed by atoms with Gasteiger partial charge in [0.25, 0.3) is 0 Å². The van der Waals surface area contributed by atoms with Gasteiger partial charge in [0.2, 0.25) is 5.91 Å². The largest absolute Gasteiger partial charge is 0.486 e. The van der Waals surface area contributed by atoms with Crippen LogP contribution in [0.25, 0.3) is 0 Å². The first kappa shape index (κ1) is 16.3. The second-order valence-electron chi connectivity index (χ2n) is 6.01. The Hall–Kier alpha value is -2.53. The second-order valence-corrected chi connectivity index (χ2v) is 6.01. The zero-order valence-corrected chi connectivity index (χ0v) is 13.7. The molecule has 1 amide bonds. The molecule has 5 heteroatoms. The first-order valence-electron chi connectivity index (χ1n) is 8.06. The van der Waals surface area contributed by atoms with Crippen LogP contribution in [0.2, 0.25) is 0 Å². The molecule has 126 valence electrons. The van der Waals surface area contributed by atoms with Crippen LogP contribution >= 0.6 is 0 Å². The van der Waals surface area contributed by atoms with Gasteiger partial charge in [-0.1, -0.05) is 42.5 Å². The van der Waals surface area contributed by atoms with Gasteiger partial charge in [0.05, 0.1) is 12.6 Å². The van der Waals surface area contributed by atoms with E-state index in [9.17, 15) is 4.79 Å². The minimum absolute atomic E-state index is 0.0960.